The quantitative estimate of drug-likeness (QED) is 0.229. The molecule has 0 aromatic rings. The van der Waals surface area contributed by atoms with Crippen LogP contribution in [0.5, 0.6) is 0 Å². The highest BCUT2D eigenvalue weighted by atomic mass is 31.2. The largest absolute Gasteiger partial charge is 0.478 e. The monoisotopic (exact) mass is 435 g/mol. The number of nitrogens with two attached hydrogens (primary N) is 1. The SMILES string of the molecule is COC(=O)CCCC(=O)[C@@H]1OP(=O)(OCOC(=O)C2(C(N)=O)CC2)OCC1(C)C. The van der Waals surface area contributed by atoms with E-state index in [4.69, 9.17) is 24.0 Å². The lowest BCUT2D eigenvalue weighted by molar-refractivity contribution is -0.163. The van der Waals surface area contributed by atoms with E-state index >= 15 is 0 Å². The van der Waals surface area contributed by atoms with E-state index in [1.165, 1.54) is 7.11 Å². The fourth-order valence-corrected chi connectivity index (χ4v) is 4.31. The summed E-state index contributed by atoms with van der Waals surface area (Å²) in [5.41, 5.74) is 3.03. The summed E-state index contributed by atoms with van der Waals surface area (Å²) in [5.74, 6) is -2.47. The van der Waals surface area contributed by atoms with Gasteiger partial charge in [0, 0.05) is 18.3 Å². The molecule has 1 aliphatic heterocycles. The van der Waals surface area contributed by atoms with Crippen molar-refractivity contribution < 1.29 is 46.8 Å². The zero-order valence-electron chi connectivity index (χ0n) is 16.6. The molecular weight excluding hydrogens is 409 g/mol. The lowest BCUT2D eigenvalue weighted by Gasteiger charge is -2.39. The zero-order chi connectivity index (χ0) is 21.9. The highest BCUT2D eigenvalue weighted by Crippen LogP contribution is 2.57. The van der Waals surface area contributed by atoms with Gasteiger partial charge in [-0.15, -0.1) is 0 Å². The fourth-order valence-electron chi connectivity index (χ4n) is 2.78. The van der Waals surface area contributed by atoms with Crippen molar-refractivity contribution in [1.82, 2.24) is 0 Å². The van der Waals surface area contributed by atoms with Crippen LogP contribution in [-0.2, 0) is 46.8 Å². The molecule has 2 fully saturated rings. The first-order valence-corrected chi connectivity index (χ1v) is 10.6. The van der Waals surface area contributed by atoms with Gasteiger partial charge in [0.05, 0.1) is 13.7 Å². The van der Waals surface area contributed by atoms with Gasteiger partial charge in [0.15, 0.2) is 5.78 Å². The second kappa shape index (κ2) is 8.91. The van der Waals surface area contributed by atoms with Crippen molar-refractivity contribution in [2.24, 2.45) is 16.6 Å². The van der Waals surface area contributed by atoms with Gasteiger partial charge in [0.1, 0.15) is 11.5 Å². The third-order valence-corrected chi connectivity index (χ3v) is 6.21. The summed E-state index contributed by atoms with van der Waals surface area (Å²) in [4.78, 5) is 46.9. The van der Waals surface area contributed by atoms with E-state index in [2.05, 4.69) is 4.74 Å². The molecule has 12 heteroatoms. The first kappa shape index (κ1) is 23.5. The normalized spacial score (nSPS) is 26.9. The maximum absolute atomic E-state index is 12.7. The number of hydrogen-bond donors (Lipinski definition) is 1. The van der Waals surface area contributed by atoms with Crippen LogP contribution in [0.3, 0.4) is 0 Å². The van der Waals surface area contributed by atoms with Gasteiger partial charge in [-0.2, -0.15) is 0 Å². The van der Waals surface area contributed by atoms with Crippen LogP contribution in [0, 0.1) is 10.8 Å². The Kier molecular flexibility index (Phi) is 7.21. The highest BCUT2D eigenvalue weighted by Gasteiger charge is 2.57. The number of carbonyl (C=O) groups excluding carboxylic acids is 4. The van der Waals surface area contributed by atoms with Crippen LogP contribution in [0.25, 0.3) is 0 Å². The first-order valence-electron chi connectivity index (χ1n) is 9.10. The van der Waals surface area contributed by atoms with Gasteiger partial charge in [0.25, 0.3) is 0 Å². The molecule has 2 aliphatic rings. The van der Waals surface area contributed by atoms with Gasteiger partial charge < -0.3 is 15.2 Å². The molecule has 1 unspecified atom stereocenters. The van der Waals surface area contributed by atoms with Gasteiger partial charge in [-0.1, -0.05) is 13.8 Å². The number of phosphoric ester groups is 1. The van der Waals surface area contributed by atoms with Crippen molar-refractivity contribution in [2.75, 3.05) is 20.5 Å². The van der Waals surface area contributed by atoms with E-state index in [1.807, 2.05) is 0 Å². The van der Waals surface area contributed by atoms with E-state index < -0.39 is 49.4 Å². The molecule has 0 aromatic carbocycles. The summed E-state index contributed by atoms with van der Waals surface area (Å²) in [7, 11) is -2.92. The predicted octanol–water partition coefficient (Wildman–Crippen LogP) is 1.23. The van der Waals surface area contributed by atoms with Crippen molar-refractivity contribution >= 4 is 31.5 Å². The third kappa shape index (κ3) is 5.63. The van der Waals surface area contributed by atoms with Crippen LogP contribution in [-0.4, -0.2) is 50.2 Å². The van der Waals surface area contributed by atoms with Crippen molar-refractivity contribution in [3.05, 3.63) is 0 Å². The number of rotatable bonds is 10. The Morgan fingerprint density at radius 1 is 1.17 bits per heavy atom. The molecular formula is C17H26NO10P. The number of Topliss-reactive ketones (excluding diaryl/α,β-unsaturated/α-hetero) is 1. The smallest absolute Gasteiger partial charge is 0.469 e. The second-order valence-corrected chi connectivity index (χ2v) is 9.34. The number of methoxy groups -OCH3 is 1. The fraction of sp³-hybridized carbons (Fsp3) is 0.765. The number of amides is 1. The Bertz CT molecular complexity index is 730. The molecule has 1 aliphatic carbocycles. The van der Waals surface area contributed by atoms with Crippen molar-refractivity contribution in [3.8, 4) is 0 Å². The molecule has 11 nitrogen and oxygen atoms in total. The van der Waals surface area contributed by atoms with E-state index in [0.717, 1.165) is 0 Å². The Hall–Kier alpha value is -1.81. The van der Waals surface area contributed by atoms with Crippen LogP contribution >= 0.6 is 7.82 Å². The minimum absolute atomic E-state index is 0.0132. The van der Waals surface area contributed by atoms with Gasteiger partial charge in [-0.25, -0.2) is 9.09 Å². The topological polar surface area (TPSA) is 158 Å². The molecule has 1 saturated carbocycles. The van der Waals surface area contributed by atoms with E-state index in [9.17, 15) is 23.7 Å². The van der Waals surface area contributed by atoms with Crippen LogP contribution in [0.4, 0.5) is 0 Å². The maximum Gasteiger partial charge on any atom is 0.478 e. The highest BCUT2D eigenvalue weighted by molar-refractivity contribution is 7.48. The Labute approximate surface area is 168 Å². The minimum Gasteiger partial charge on any atom is -0.469 e. The molecule has 1 heterocycles. The molecule has 164 valence electrons. The molecule has 2 N–H and O–H groups in total. The second-order valence-electron chi connectivity index (χ2n) is 7.72. The molecule has 1 amide bonds. The Balaban J connectivity index is 1.90. The number of phosphoric acid groups is 1. The van der Waals surface area contributed by atoms with Gasteiger partial charge in [0.2, 0.25) is 12.7 Å². The van der Waals surface area contributed by atoms with E-state index in [1.54, 1.807) is 13.8 Å². The number of esters is 2. The average molecular weight is 435 g/mol. The summed E-state index contributed by atoms with van der Waals surface area (Å²) < 4.78 is 37.5. The summed E-state index contributed by atoms with van der Waals surface area (Å²) >= 11 is 0. The maximum atomic E-state index is 12.7. The first-order chi connectivity index (χ1) is 13.5. The molecule has 0 radical (unpaired) electrons. The van der Waals surface area contributed by atoms with Crippen LogP contribution < -0.4 is 5.73 Å². The molecule has 2 atom stereocenters. The Morgan fingerprint density at radius 2 is 1.83 bits per heavy atom. The van der Waals surface area contributed by atoms with Crippen LogP contribution in [0.2, 0.25) is 0 Å². The van der Waals surface area contributed by atoms with E-state index in [-0.39, 0.29) is 44.5 Å². The number of carbonyl (C=O) groups is 4. The van der Waals surface area contributed by atoms with E-state index in [0.29, 0.717) is 0 Å². The number of primary amides is 1. The molecule has 1 saturated heterocycles. The summed E-state index contributed by atoms with van der Waals surface area (Å²) in [6, 6.07) is 0. The molecule has 0 bridgehead atoms. The van der Waals surface area contributed by atoms with Gasteiger partial charge >= 0.3 is 19.8 Å². The number of ether oxygens (including phenoxy) is 2. The summed E-state index contributed by atoms with van der Waals surface area (Å²) in [6.07, 6.45) is -0.211. The molecule has 2 rings (SSSR count). The average Bonchev–Trinajstić information content (AvgIpc) is 3.46. The van der Waals surface area contributed by atoms with Crippen molar-refractivity contribution in [3.63, 3.8) is 0 Å². The van der Waals surface area contributed by atoms with Gasteiger partial charge in [-0.05, 0) is 19.3 Å². The van der Waals surface area contributed by atoms with Crippen LogP contribution in [0.15, 0.2) is 0 Å². The van der Waals surface area contributed by atoms with Crippen molar-refractivity contribution in [1.29, 1.82) is 0 Å². The standard InChI is InChI=1S/C17H26NO10P/c1-16(2)9-26-29(23,27-10-25-15(22)17(7-8-17)14(18)21)28-13(16)11(19)5-4-6-12(20)24-3/h13H,4-10H2,1-3H3,(H2,18,21)/t13-,29?/m0/s1. The Morgan fingerprint density at radius 3 is 2.38 bits per heavy atom. The molecule has 0 spiro atoms. The molecule has 29 heavy (non-hydrogen) atoms. The lowest BCUT2D eigenvalue weighted by atomic mass is 9.84. The number of hydrogen-bond acceptors (Lipinski definition) is 10. The number of ketones is 1. The van der Waals surface area contributed by atoms with Gasteiger partial charge in [-0.3, -0.25) is 28.2 Å². The third-order valence-electron chi connectivity index (χ3n) is 4.88. The van der Waals surface area contributed by atoms with Crippen LogP contribution in [0.1, 0.15) is 46.0 Å². The summed E-state index contributed by atoms with van der Waals surface area (Å²) in [6.45, 7) is 2.51. The van der Waals surface area contributed by atoms with Crippen molar-refractivity contribution in [2.45, 2.75) is 52.1 Å². The predicted molar refractivity (Wildman–Crippen MR) is 96.0 cm³/mol. The summed E-state index contributed by atoms with van der Waals surface area (Å²) in [5, 5.41) is 0. The minimum atomic E-state index is -4.18. The zero-order valence-corrected chi connectivity index (χ0v) is 17.5. The lowest BCUT2D eigenvalue weighted by Crippen LogP contribution is -2.45. The molecule has 0 aromatic heterocycles.